The van der Waals surface area contributed by atoms with E-state index in [1.807, 2.05) is 31.2 Å². The fourth-order valence-electron chi connectivity index (χ4n) is 2.04. The highest BCUT2D eigenvalue weighted by molar-refractivity contribution is 6.25. The fraction of sp³-hybridized carbons (Fsp3) is 0.176. The number of allylic oxidation sites excluding steroid dienone is 1. The molecule has 1 amide bonds. The molecule has 0 atom stereocenters. The third kappa shape index (κ3) is 2.79. The summed E-state index contributed by atoms with van der Waals surface area (Å²) in [5, 5.41) is 10.0. The van der Waals surface area contributed by atoms with E-state index in [1.165, 1.54) is 30.0 Å². The predicted octanol–water partition coefficient (Wildman–Crippen LogP) is 2.22. The van der Waals surface area contributed by atoms with Crippen LogP contribution in [0, 0.1) is 6.92 Å². The minimum absolute atomic E-state index is 0.263. The van der Waals surface area contributed by atoms with E-state index in [2.05, 4.69) is 6.58 Å². The molecule has 114 valence electrons. The van der Waals surface area contributed by atoms with E-state index < -0.39 is 11.7 Å². The predicted molar refractivity (Wildman–Crippen MR) is 84.5 cm³/mol. The molecule has 5 nitrogen and oxygen atoms in total. The maximum atomic E-state index is 12.2. The molecule has 0 radical (unpaired) electrons. The molecule has 0 saturated carbocycles. The number of aryl methyl sites for hydroxylation is 1. The normalized spacial score (nSPS) is 16.0. The monoisotopic (exact) mass is 298 g/mol. The third-order valence-corrected chi connectivity index (χ3v) is 3.59. The summed E-state index contributed by atoms with van der Waals surface area (Å²) >= 11 is 0. The zero-order chi connectivity index (χ0) is 16.4. The van der Waals surface area contributed by atoms with Gasteiger partial charge in [-0.1, -0.05) is 42.5 Å². The lowest BCUT2D eigenvalue weighted by Crippen LogP contribution is -2.42. The summed E-state index contributed by atoms with van der Waals surface area (Å²) in [5.74, 6) is -1.19. The standard InChI is InChI=1S/C17H18N2O3/c1-11-5-7-13(8-6-11)9-10-14(20)15-16(21)18(3)12(2)19(4)17(15)22/h5-10,21H,2H2,1,3-4H3/b10-9+. The molecule has 0 spiro atoms. The summed E-state index contributed by atoms with van der Waals surface area (Å²) in [7, 11) is 3.04. The molecule has 1 heterocycles. The Bertz CT molecular complexity index is 699. The average molecular weight is 298 g/mol. The average Bonchev–Trinajstić information content (AvgIpc) is 2.50. The van der Waals surface area contributed by atoms with Crippen LogP contribution >= 0.6 is 0 Å². The van der Waals surface area contributed by atoms with Crippen LogP contribution in [0.3, 0.4) is 0 Å². The van der Waals surface area contributed by atoms with E-state index in [0.717, 1.165) is 11.1 Å². The number of aliphatic hydroxyl groups is 1. The van der Waals surface area contributed by atoms with Crippen LogP contribution in [-0.4, -0.2) is 40.7 Å². The second kappa shape index (κ2) is 5.89. The Morgan fingerprint density at radius 2 is 1.77 bits per heavy atom. The number of benzene rings is 1. The number of nitrogens with zero attached hydrogens (tertiary/aromatic N) is 2. The van der Waals surface area contributed by atoms with Gasteiger partial charge in [0.1, 0.15) is 11.4 Å². The van der Waals surface area contributed by atoms with E-state index in [-0.39, 0.29) is 11.5 Å². The molecule has 0 saturated heterocycles. The molecule has 1 aromatic carbocycles. The van der Waals surface area contributed by atoms with Gasteiger partial charge in [-0.25, -0.2) is 0 Å². The maximum Gasteiger partial charge on any atom is 0.268 e. The number of hydrogen-bond acceptors (Lipinski definition) is 4. The lowest BCUT2D eigenvalue weighted by molar-refractivity contribution is -0.129. The molecule has 0 bridgehead atoms. The number of likely N-dealkylation sites (N-methyl/N-ethyl adjacent to an activating group) is 1. The lowest BCUT2D eigenvalue weighted by atomic mass is 10.1. The van der Waals surface area contributed by atoms with Crippen molar-refractivity contribution in [2.75, 3.05) is 14.1 Å². The van der Waals surface area contributed by atoms with Crippen LogP contribution in [0.5, 0.6) is 0 Å². The molecule has 0 fully saturated rings. The van der Waals surface area contributed by atoms with Crippen molar-refractivity contribution in [1.82, 2.24) is 9.80 Å². The molecule has 0 aromatic heterocycles. The van der Waals surface area contributed by atoms with Gasteiger partial charge in [0, 0.05) is 14.1 Å². The molecule has 22 heavy (non-hydrogen) atoms. The molecule has 0 unspecified atom stereocenters. The van der Waals surface area contributed by atoms with Gasteiger partial charge in [-0.3, -0.25) is 14.5 Å². The van der Waals surface area contributed by atoms with Crippen molar-refractivity contribution in [1.29, 1.82) is 0 Å². The Morgan fingerprint density at radius 1 is 1.18 bits per heavy atom. The summed E-state index contributed by atoms with van der Waals surface area (Å²) in [6.07, 6.45) is 2.89. The van der Waals surface area contributed by atoms with Crippen molar-refractivity contribution < 1.29 is 14.7 Å². The van der Waals surface area contributed by atoms with Gasteiger partial charge in [-0.15, -0.1) is 0 Å². The van der Waals surface area contributed by atoms with Gasteiger partial charge in [0.2, 0.25) is 5.88 Å². The van der Waals surface area contributed by atoms with E-state index in [9.17, 15) is 14.7 Å². The van der Waals surface area contributed by atoms with Crippen LogP contribution in [0.25, 0.3) is 6.08 Å². The van der Waals surface area contributed by atoms with Crippen molar-refractivity contribution in [3.63, 3.8) is 0 Å². The van der Waals surface area contributed by atoms with Gasteiger partial charge in [-0.05, 0) is 18.6 Å². The van der Waals surface area contributed by atoms with Crippen LogP contribution in [0.4, 0.5) is 0 Å². The Hall–Kier alpha value is -2.82. The minimum Gasteiger partial charge on any atom is -0.494 e. The minimum atomic E-state index is -0.570. The first-order valence-corrected chi connectivity index (χ1v) is 6.76. The lowest BCUT2D eigenvalue weighted by Gasteiger charge is -2.33. The van der Waals surface area contributed by atoms with Gasteiger partial charge < -0.3 is 10.0 Å². The molecule has 1 N–H and O–H groups in total. The number of amides is 1. The van der Waals surface area contributed by atoms with E-state index in [1.54, 1.807) is 6.08 Å². The van der Waals surface area contributed by atoms with Gasteiger partial charge in [0.15, 0.2) is 5.78 Å². The van der Waals surface area contributed by atoms with Gasteiger partial charge in [-0.2, -0.15) is 0 Å². The second-order valence-electron chi connectivity index (χ2n) is 5.15. The highest BCUT2D eigenvalue weighted by atomic mass is 16.3. The zero-order valence-corrected chi connectivity index (χ0v) is 12.8. The number of aliphatic hydroxyl groups excluding tert-OH is 1. The van der Waals surface area contributed by atoms with Crippen molar-refractivity contribution >= 4 is 17.8 Å². The van der Waals surface area contributed by atoms with Gasteiger partial charge >= 0.3 is 0 Å². The molecular weight excluding hydrogens is 280 g/mol. The SMILES string of the molecule is C=C1N(C)C(=O)C(C(=O)/C=C/c2ccc(C)cc2)=C(O)N1C. The highest BCUT2D eigenvalue weighted by Crippen LogP contribution is 2.23. The number of ketones is 1. The quantitative estimate of drug-likeness (QED) is 0.686. The third-order valence-electron chi connectivity index (χ3n) is 3.59. The molecule has 1 aromatic rings. The summed E-state index contributed by atoms with van der Waals surface area (Å²) in [6, 6.07) is 7.60. The van der Waals surface area contributed by atoms with Gasteiger partial charge in [0.05, 0.1) is 0 Å². The zero-order valence-electron chi connectivity index (χ0n) is 12.8. The first kappa shape index (κ1) is 15.6. The Balaban J connectivity index is 2.30. The van der Waals surface area contributed by atoms with E-state index in [4.69, 9.17) is 0 Å². The smallest absolute Gasteiger partial charge is 0.268 e. The Kier molecular flexibility index (Phi) is 4.17. The van der Waals surface area contributed by atoms with Crippen LogP contribution in [0.15, 0.2) is 54.2 Å². The summed E-state index contributed by atoms with van der Waals surface area (Å²) in [6.45, 7) is 5.65. The largest absolute Gasteiger partial charge is 0.494 e. The molecule has 5 heteroatoms. The van der Waals surface area contributed by atoms with Crippen molar-refractivity contribution in [2.24, 2.45) is 0 Å². The van der Waals surface area contributed by atoms with E-state index >= 15 is 0 Å². The fourth-order valence-corrected chi connectivity index (χ4v) is 2.04. The molecule has 2 rings (SSSR count). The number of hydrogen-bond donors (Lipinski definition) is 1. The summed E-state index contributed by atoms with van der Waals surface area (Å²) in [5.41, 5.74) is 1.70. The van der Waals surface area contributed by atoms with Crippen LogP contribution in [0.1, 0.15) is 11.1 Å². The van der Waals surface area contributed by atoms with Crippen molar-refractivity contribution in [3.8, 4) is 0 Å². The second-order valence-corrected chi connectivity index (χ2v) is 5.15. The first-order valence-electron chi connectivity index (χ1n) is 6.76. The molecule has 0 aliphatic carbocycles. The highest BCUT2D eigenvalue weighted by Gasteiger charge is 2.34. The topological polar surface area (TPSA) is 60.9 Å². The molecule has 1 aliphatic rings. The van der Waals surface area contributed by atoms with Gasteiger partial charge in [0.25, 0.3) is 5.91 Å². The van der Waals surface area contributed by atoms with E-state index in [0.29, 0.717) is 5.82 Å². The maximum absolute atomic E-state index is 12.2. The first-order chi connectivity index (χ1) is 10.3. The number of carbonyl (C=O) groups excluding carboxylic acids is 2. The summed E-state index contributed by atoms with van der Waals surface area (Å²) in [4.78, 5) is 26.9. The molecule has 1 aliphatic heterocycles. The number of rotatable bonds is 3. The summed E-state index contributed by atoms with van der Waals surface area (Å²) < 4.78 is 0. The number of carbonyl (C=O) groups is 2. The van der Waals surface area contributed by atoms with Crippen LogP contribution in [0.2, 0.25) is 0 Å². The van der Waals surface area contributed by atoms with Crippen LogP contribution < -0.4 is 0 Å². The van der Waals surface area contributed by atoms with Crippen LogP contribution in [-0.2, 0) is 9.59 Å². The van der Waals surface area contributed by atoms with Crippen molar-refractivity contribution in [3.05, 3.63) is 65.3 Å². The van der Waals surface area contributed by atoms with Crippen molar-refractivity contribution in [2.45, 2.75) is 6.92 Å². The molecular formula is C17H18N2O3. The Morgan fingerprint density at radius 3 is 2.36 bits per heavy atom. The Labute approximate surface area is 129 Å².